The van der Waals surface area contributed by atoms with Gasteiger partial charge in [-0.15, -0.1) is 0 Å². The first-order valence-corrected chi connectivity index (χ1v) is 7.31. The molecule has 122 valence electrons. The molecule has 0 bridgehead atoms. The number of alkyl halides is 3. The van der Waals surface area contributed by atoms with Gasteiger partial charge in [0.25, 0.3) is 0 Å². The van der Waals surface area contributed by atoms with Crippen LogP contribution in [0.4, 0.5) is 18.0 Å². The van der Waals surface area contributed by atoms with E-state index in [2.05, 4.69) is 15.7 Å². The van der Waals surface area contributed by atoms with Crippen LogP contribution in [0.2, 0.25) is 0 Å². The first-order valence-electron chi connectivity index (χ1n) is 7.31. The highest BCUT2D eigenvalue weighted by Gasteiger charge is 2.39. The quantitative estimate of drug-likeness (QED) is 0.871. The third kappa shape index (κ3) is 3.03. The lowest BCUT2D eigenvalue weighted by Crippen LogP contribution is -2.45. The van der Waals surface area contributed by atoms with E-state index in [4.69, 9.17) is 0 Å². The van der Waals surface area contributed by atoms with E-state index in [1.165, 1.54) is 10.9 Å². The van der Waals surface area contributed by atoms with Gasteiger partial charge in [0.1, 0.15) is 0 Å². The van der Waals surface area contributed by atoms with E-state index in [0.29, 0.717) is 5.92 Å². The summed E-state index contributed by atoms with van der Waals surface area (Å²) in [5, 5.41) is 9.46. The zero-order valence-electron chi connectivity index (χ0n) is 11.9. The molecule has 0 radical (unpaired) electrons. The zero-order chi connectivity index (χ0) is 15.7. The third-order valence-corrected chi connectivity index (χ3v) is 4.25. The third-order valence-electron chi connectivity index (χ3n) is 4.25. The summed E-state index contributed by atoms with van der Waals surface area (Å²) in [4.78, 5) is 13.9. The molecule has 1 aromatic heterocycles. The van der Waals surface area contributed by atoms with Gasteiger partial charge in [0.2, 0.25) is 0 Å². The molecule has 3 rings (SSSR count). The van der Waals surface area contributed by atoms with Crippen LogP contribution >= 0.6 is 0 Å². The van der Waals surface area contributed by atoms with Gasteiger partial charge in [0, 0.05) is 38.4 Å². The van der Waals surface area contributed by atoms with E-state index in [9.17, 15) is 18.0 Å². The van der Waals surface area contributed by atoms with Crippen LogP contribution in [0.25, 0.3) is 0 Å². The van der Waals surface area contributed by atoms with Crippen LogP contribution in [0.5, 0.6) is 0 Å². The molecular weight excluding hydrogens is 299 g/mol. The highest BCUT2D eigenvalue weighted by atomic mass is 19.4. The van der Waals surface area contributed by atoms with Gasteiger partial charge in [0.05, 0.1) is 6.54 Å². The van der Waals surface area contributed by atoms with Crippen LogP contribution < -0.4 is 10.6 Å². The fourth-order valence-electron chi connectivity index (χ4n) is 3.12. The number of urea groups is 1. The molecule has 0 saturated carbocycles. The Morgan fingerprint density at radius 3 is 3.00 bits per heavy atom. The average Bonchev–Trinajstić information content (AvgIpc) is 3.13. The summed E-state index contributed by atoms with van der Waals surface area (Å²) in [6, 6.07) is 1.01. The maximum atomic E-state index is 12.4. The van der Waals surface area contributed by atoms with Crippen LogP contribution in [0.15, 0.2) is 12.3 Å². The van der Waals surface area contributed by atoms with E-state index >= 15 is 0 Å². The molecule has 1 aromatic rings. The minimum absolute atomic E-state index is 0.153. The largest absolute Gasteiger partial charge is 0.435 e. The molecule has 0 spiro atoms. The molecule has 2 amide bonds. The summed E-state index contributed by atoms with van der Waals surface area (Å²) in [7, 11) is 0. The second-order valence-corrected chi connectivity index (χ2v) is 5.66. The molecule has 2 atom stereocenters. The van der Waals surface area contributed by atoms with Gasteiger partial charge in [-0.3, -0.25) is 4.68 Å². The van der Waals surface area contributed by atoms with Crippen LogP contribution in [-0.4, -0.2) is 52.9 Å². The van der Waals surface area contributed by atoms with Gasteiger partial charge in [-0.25, -0.2) is 4.79 Å². The van der Waals surface area contributed by atoms with Gasteiger partial charge in [-0.1, -0.05) is 0 Å². The minimum Gasteiger partial charge on any atom is -0.336 e. The first-order chi connectivity index (χ1) is 10.4. The Kier molecular flexibility index (Phi) is 3.98. The number of nitrogens with one attached hydrogen (secondary N) is 2. The predicted octanol–water partition coefficient (Wildman–Crippen LogP) is 0.905. The predicted molar refractivity (Wildman–Crippen MR) is 72.1 cm³/mol. The summed E-state index contributed by atoms with van der Waals surface area (Å²) < 4.78 is 38.5. The standard InChI is InChI=1S/C13H18F3N5O/c14-13(15,16)11-2-4-20(19-11)6-3-18-12(22)21-5-1-9-7-17-8-10(9)21/h2,4,9-10,17H,1,3,5-8H2,(H,18,22)/t9-,10+/m1/s1. The molecule has 0 unspecified atom stereocenters. The smallest absolute Gasteiger partial charge is 0.336 e. The molecule has 22 heavy (non-hydrogen) atoms. The molecular formula is C13H18F3N5O. The second kappa shape index (κ2) is 5.79. The lowest BCUT2D eigenvalue weighted by atomic mass is 10.1. The maximum absolute atomic E-state index is 12.4. The number of rotatable bonds is 3. The van der Waals surface area contributed by atoms with Gasteiger partial charge in [-0.2, -0.15) is 18.3 Å². The number of carbonyl (C=O) groups excluding carboxylic acids is 1. The minimum atomic E-state index is -4.44. The van der Waals surface area contributed by atoms with E-state index in [1.807, 2.05) is 4.90 Å². The molecule has 0 aromatic carbocycles. The van der Waals surface area contributed by atoms with Crippen LogP contribution in [0, 0.1) is 5.92 Å². The number of hydrogen-bond donors (Lipinski definition) is 2. The van der Waals surface area contributed by atoms with Crippen molar-refractivity contribution in [3.8, 4) is 0 Å². The molecule has 2 aliphatic rings. The number of fused-ring (bicyclic) bond motifs is 1. The lowest BCUT2D eigenvalue weighted by molar-refractivity contribution is -0.141. The Bertz CT molecular complexity index is 544. The summed E-state index contributed by atoms with van der Waals surface area (Å²) in [6.45, 7) is 2.96. The van der Waals surface area contributed by atoms with Crippen LogP contribution in [0.3, 0.4) is 0 Å². The van der Waals surface area contributed by atoms with Gasteiger partial charge in [-0.05, 0) is 18.4 Å². The van der Waals surface area contributed by atoms with E-state index in [-0.39, 0.29) is 25.2 Å². The summed E-state index contributed by atoms with van der Waals surface area (Å²) in [6.07, 6.45) is -2.17. The number of aromatic nitrogens is 2. The van der Waals surface area contributed by atoms with E-state index < -0.39 is 11.9 Å². The van der Waals surface area contributed by atoms with Gasteiger partial charge in [0.15, 0.2) is 5.69 Å². The monoisotopic (exact) mass is 317 g/mol. The van der Waals surface area contributed by atoms with Crippen molar-refractivity contribution in [2.45, 2.75) is 25.2 Å². The van der Waals surface area contributed by atoms with Crippen molar-refractivity contribution in [2.75, 3.05) is 26.2 Å². The van der Waals surface area contributed by atoms with Crippen molar-refractivity contribution in [2.24, 2.45) is 5.92 Å². The summed E-state index contributed by atoms with van der Waals surface area (Å²) in [5.41, 5.74) is -0.918. The Morgan fingerprint density at radius 2 is 2.27 bits per heavy atom. The molecule has 2 N–H and O–H groups in total. The number of carbonyl (C=O) groups is 1. The normalized spacial score (nSPS) is 24.6. The average molecular weight is 317 g/mol. The summed E-state index contributed by atoms with van der Waals surface area (Å²) >= 11 is 0. The zero-order valence-corrected chi connectivity index (χ0v) is 11.9. The Balaban J connectivity index is 1.47. The molecule has 9 heteroatoms. The highest BCUT2D eigenvalue weighted by molar-refractivity contribution is 5.75. The van der Waals surface area contributed by atoms with Crippen molar-refractivity contribution in [3.63, 3.8) is 0 Å². The van der Waals surface area contributed by atoms with Crippen molar-refractivity contribution in [1.82, 2.24) is 25.3 Å². The van der Waals surface area contributed by atoms with Crippen molar-refractivity contribution < 1.29 is 18.0 Å². The van der Waals surface area contributed by atoms with E-state index in [1.54, 1.807) is 0 Å². The topological polar surface area (TPSA) is 62.2 Å². The van der Waals surface area contributed by atoms with Crippen LogP contribution in [-0.2, 0) is 12.7 Å². The number of amides is 2. The van der Waals surface area contributed by atoms with Crippen molar-refractivity contribution in [3.05, 3.63) is 18.0 Å². The first kappa shape index (κ1) is 15.1. The number of halogens is 3. The maximum Gasteiger partial charge on any atom is 0.435 e. The molecule has 2 saturated heterocycles. The number of likely N-dealkylation sites (tertiary alicyclic amines) is 1. The SMILES string of the molecule is O=C(NCCn1ccc(C(F)(F)F)n1)N1CC[C@@H]2CNC[C@@H]21. The molecule has 3 heterocycles. The Hall–Kier alpha value is -1.77. The molecule has 2 aliphatic heterocycles. The fraction of sp³-hybridized carbons (Fsp3) is 0.692. The van der Waals surface area contributed by atoms with Gasteiger partial charge >= 0.3 is 12.2 Å². The lowest BCUT2D eigenvalue weighted by Gasteiger charge is -2.23. The van der Waals surface area contributed by atoms with Crippen molar-refractivity contribution >= 4 is 6.03 Å². The van der Waals surface area contributed by atoms with Crippen LogP contribution in [0.1, 0.15) is 12.1 Å². The summed E-state index contributed by atoms with van der Waals surface area (Å²) in [5.74, 6) is 0.520. The Morgan fingerprint density at radius 1 is 1.45 bits per heavy atom. The van der Waals surface area contributed by atoms with E-state index in [0.717, 1.165) is 32.1 Å². The molecule has 2 fully saturated rings. The Labute approximate surface area is 125 Å². The number of nitrogens with zero attached hydrogens (tertiary/aromatic N) is 3. The number of hydrogen-bond acceptors (Lipinski definition) is 3. The van der Waals surface area contributed by atoms with Crippen molar-refractivity contribution in [1.29, 1.82) is 0 Å². The molecule has 0 aliphatic carbocycles. The highest BCUT2D eigenvalue weighted by Crippen LogP contribution is 2.27. The second-order valence-electron chi connectivity index (χ2n) is 5.66. The van der Waals surface area contributed by atoms with Gasteiger partial charge < -0.3 is 15.5 Å². The molecule has 6 nitrogen and oxygen atoms in total. The fourth-order valence-corrected chi connectivity index (χ4v) is 3.12.